The zero-order valence-electron chi connectivity index (χ0n) is 14.1. The molecule has 0 bridgehead atoms. The van der Waals surface area contributed by atoms with Gasteiger partial charge in [0.25, 0.3) is 5.91 Å². The van der Waals surface area contributed by atoms with Crippen molar-refractivity contribution in [3.8, 4) is 0 Å². The molecule has 0 saturated carbocycles. The molecule has 3 aromatic rings. The van der Waals surface area contributed by atoms with Crippen molar-refractivity contribution in [3.05, 3.63) is 71.2 Å². The number of halogens is 1. The normalized spacial score (nSPS) is 11.7. The standard InChI is InChI=1S/C20H21FN2O/c1-13-5-4-6-14(9-13)19(24)23-12-20(2,3)17-11-22-18-8-7-15(21)10-16(17)18/h4-11,22H,12H2,1-3H3,(H,23,24). The van der Waals surface area contributed by atoms with Gasteiger partial charge in [0, 0.05) is 34.6 Å². The van der Waals surface area contributed by atoms with Crippen LogP contribution in [0.25, 0.3) is 10.9 Å². The van der Waals surface area contributed by atoms with Crippen LogP contribution in [0.2, 0.25) is 0 Å². The van der Waals surface area contributed by atoms with Gasteiger partial charge < -0.3 is 10.3 Å². The van der Waals surface area contributed by atoms with Crippen molar-refractivity contribution in [3.63, 3.8) is 0 Å². The highest BCUT2D eigenvalue weighted by molar-refractivity contribution is 5.94. The van der Waals surface area contributed by atoms with Crippen LogP contribution in [0.1, 0.15) is 35.3 Å². The summed E-state index contributed by atoms with van der Waals surface area (Å²) in [5.74, 6) is -0.360. The minimum Gasteiger partial charge on any atom is -0.361 e. The Morgan fingerprint density at radius 1 is 1.21 bits per heavy atom. The zero-order valence-corrected chi connectivity index (χ0v) is 14.1. The van der Waals surface area contributed by atoms with Crippen LogP contribution in [-0.4, -0.2) is 17.4 Å². The molecule has 0 atom stereocenters. The van der Waals surface area contributed by atoms with E-state index in [2.05, 4.69) is 10.3 Å². The molecule has 1 amide bonds. The molecule has 0 spiro atoms. The molecule has 0 radical (unpaired) electrons. The number of carbonyl (C=O) groups excluding carboxylic acids is 1. The lowest BCUT2D eigenvalue weighted by Gasteiger charge is -2.25. The first kappa shape index (κ1) is 16.2. The Hall–Kier alpha value is -2.62. The second-order valence-electron chi connectivity index (χ2n) is 6.83. The largest absolute Gasteiger partial charge is 0.361 e. The summed E-state index contributed by atoms with van der Waals surface area (Å²) >= 11 is 0. The van der Waals surface area contributed by atoms with Gasteiger partial charge in [-0.15, -0.1) is 0 Å². The molecule has 24 heavy (non-hydrogen) atoms. The number of hydrogen-bond acceptors (Lipinski definition) is 1. The number of nitrogens with one attached hydrogen (secondary N) is 2. The molecule has 0 unspecified atom stereocenters. The first-order valence-electron chi connectivity index (χ1n) is 7.99. The Morgan fingerprint density at radius 3 is 2.75 bits per heavy atom. The van der Waals surface area contributed by atoms with Crippen LogP contribution in [0.5, 0.6) is 0 Å². The Kier molecular flexibility index (Phi) is 4.14. The van der Waals surface area contributed by atoms with Crippen molar-refractivity contribution in [2.24, 2.45) is 0 Å². The van der Waals surface area contributed by atoms with Crippen molar-refractivity contribution < 1.29 is 9.18 Å². The van der Waals surface area contributed by atoms with Gasteiger partial charge in [0.05, 0.1) is 0 Å². The van der Waals surface area contributed by atoms with Gasteiger partial charge in [0.2, 0.25) is 0 Å². The Balaban J connectivity index is 1.80. The van der Waals surface area contributed by atoms with Crippen molar-refractivity contribution in [1.82, 2.24) is 10.3 Å². The van der Waals surface area contributed by atoms with Gasteiger partial charge in [-0.2, -0.15) is 0 Å². The number of fused-ring (bicyclic) bond motifs is 1. The van der Waals surface area contributed by atoms with Crippen LogP contribution >= 0.6 is 0 Å². The summed E-state index contributed by atoms with van der Waals surface area (Å²) in [5.41, 5.74) is 3.25. The van der Waals surface area contributed by atoms with Gasteiger partial charge in [-0.25, -0.2) is 4.39 Å². The molecule has 3 rings (SSSR count). The van der Waals surface area contributed by atoms with E-state index >= 15 is 0 Å². The number of aromatic amines is 1. The number of carbonyl (C=O) groups is 1. The Bertz CT molecular complexity index is 896. The molecule has 2 N–H and O–H groups in total. The van der Waals surface area contributed by atoms with Crippen LogP contribution in [0.15, 0.2) is 48.7 Å². The summed E-state index contributed by atoms with van der Waals surface area (Å²) in [5, 5.41) is 3.84. The summed E-state index contributed by atoms with van der Waals surface area (Å²) < 4.78 is 13.6. The first-order valence-corrected chi connectivity index (χ1v) is 7.99. The van der Waals surface area contributed by atoms with E-state index in [4.69, 9.17) is 0 Å². The molecule has 0 aliphatic carbocycles. The van der Waals surface area contributed by atoms with E-state index in [0.29, 0.717) is 12.1 Å². The van der Waals surface area contributed by atoms with E-state index in [1.165, 1.54) is 12.1 Å². The fourth-order valence-corrected chi connectivity index (χ4v) is 2.94. The third kappa shape index (κ3) is 3.18. The maximum atomic E-state index is 13.6. The Labute approximate surface area is 140 Å². The number of H-pyrrole nitrogens is 1. The van der Waals surface area contributed by atoms with Crippen LogP contribution in [0, 0.1) is 12.7 Å². The van der Waals surface area contributed by atoms with E-state index in [0.717, 1.165) is 22.0 Å². The minimum absolute atomic E-state index is 0.0993. The summed E-state index contributed by atoms with van der Waals surface area (Å²) in [4.78, 5) is 15.5. The molecule has 0 aliphatic heterocycles. The molecular weight excluding hydrogens is 303 g/mol. The van der Waals surface area contributed by atoms with Crippen LogP contribution < -0.4 is 5.32 Å². The van der Waals surface area contributed by atoms with Gasteiger partial charge in [-0.3, -0.25) is 4.79 Å². The first-order chi connectivity index (χ1) is 11.4. The van der Waals surface area contributed by atoms with Gasteiger partial charge in [0.15, 0.2) is 0 Å². The molecule has 2 aromatic carbocycles. The highest BCUT2D eigenvalue weighted by Crippen LogP contribution is 2.30. The van der Waals surface area contributed by atoms with Gasteiger partial charge in [0.1, 0.15) is 5.82 Å². The van der Waals surface area contributed by atoms with Crippen molar-refractivity contribution in [2.45, 2.75) is 26.2 Å². The molecule has 1 aromatic heterocycles. The van der Waals surface area contributed by atoms with Crippen molar-refractivity contribution >= 4 is 16.8 Å². The van der Waals surface area contributed by atoms with Gasteiger partial charge in [-0.05, 0) is 42.8 Å². The number of aryl methyl sites for hydroxylation is 1. The number of benzene rings is 2. The number of amides is 1. The lowest BCUT2D eigenvalue weighted by molar-refractivity contribution is 0.0945. The predicted molar refractivity (Wildman–Crippen MR) is 94.8 cm³/mol. The summed E-state index contributed by atoms with van der Waals surface area (Å²) in [7, 11) is 0. The van der Waals surface area contributed by atoms with Crippen molar-refractivity contribution in [2.75, 3.05) is 6.54 Å². The van der Waals surface area contributed by atoms with Gasteiger partial charge >= 0.3 is 0 Å². The van der Waals surface area contributed by atoms with E-state index in [1.54, 1.807) is 12.1 Å². The average molecular weight is 324 g/mol. The molecule has 0 aliphatic rings. The highest BCUT2D eigenvalue weighted by Gasteiger charge is 2.25. The molecule has 124 valence electrons. The van der Waals surface area contributed by atoms with E-state index in [9.17, 15) is 9.18 Å². The molecule has 1 heterocycles. The summed E-state index contributed by atoms with van der Waals surface area (Å²) in [6.45, 7) is 6.50. The molecule has 3 nitrogen and oxygen atoms in total. The number of aromatic nitrogens is 1. The fourth-order valence-electron chi connectivity index (χ4n) is 2.94. The molecular formula is C20H21FN2O. The maximum absolute atomic E-state index is 13.6. The second-order valence-corrected chi connectivity index (χ2v) is 6.83. The lowest BCUT2D eigenvalue weighted by atomic mass is 9.84. The van der Waals surface area contributed by atoms with E-state index in [-0.39, 0.29) is 17.1 Å². The SMILES string of the molecule is Cc1cccc(C(=O)NCC(C)(C)c2c[nH]c3ccc(F)cc23)c1. The van der Waals surface area contributed by atoms with Crippen LogP contribution in [0.4, 0.5) is 4.39 Å². The molecule has 4 heteroatoms. The van der Waals surface area contributed by atoms with Crippen LogP contribution in [-0.2, 0) is 5.41 Å². The quantitative estimate of drug-likeness (QED) is 0.737. The second kappa shape index (κ2) is 6.11. The van der Waals surface area contributed by atoms with Crippen LogP contribution in [0.3, 0.4) is 0 Å². The van der Waals surface area contributed by atoms with E-state index in [1.807, 2.05) is 45.2 Å². The third-order valence-corrected chi connectivity index (χ3v) is 4.34. The number of hydrogen-bond donors (Lipinski definition) is 2. The highest BCUT2D eigenvalue weighted by atomic mass is 19.1. The summed E-state index contributed by atoms with van der Waals surface area (Å²) in [6.07, 6.45) is 1.89. The monoisotopic (exact) mass is 324 g/mol. The average Bonchev–Trinajstić information content (AvgIpc) is 2.96. The lowest BCUT2D eigenvalue weighted by Crippen LogP contribution is -2.36. The van der Waals surface area contributed by atoms with Crippen molar-refractivity contribution in [1.29, 1.82) is 0 Å². The minimum atomic E-state index is -0.328. The molecule has 0 saturated heterocycles. The van der Waals surface area contributed by atoms with E-state index < -0.39 is 0 Å². The summed E-state index contributed by atoms with van der Waals surface area (Å²) in [6, 6.07) is 12.2. The maximum Gasteiger partial charge on any atom is 0.251 e. The zero-order chi connectivity index (χ0) is 17.3. The van der Waals surface area contributed by atoms with Gasteiger partial charge in [-0.1, -0.05) is 31.5 Å². The topological polar surface area (TPSA) is 44.9 Å². The fraction of sp³-hybridized carbons (Fsp3) is 0.250. The smallest absolute Gasteiger partial charge is 0.251 e. The Morgan fingerprint density at radius 2 is 2.00 bits per heavy atom. The molecule has 0 fully saturated rings. The third-order valence-electron chi connectivity index (χ3n) is 4.34. The predicted octanol–water partition coefficient (Wildman–Crippen LogP) is 4.32. The number of rotatable bonds is 4.